The van der Waals surface area contributed by atoms with E-state index in [0.29, 0.717) is 49.2 Å². The Morgan fingerprint density at radius 2 is 1.70 bits per heavy atom. The number of carbonyl (C=O) groups excluding carboxylic acids is 1. The zero-order valence-electron chi connectivity index (χ0n) is 21.5. The van der Waals surface area contributed by atoms with E-state index in [2.05, 4.69) is 4.99 Å². The van der Waals surface area contributed by atoms with Gasteiger partial charge in [-0.2, -0.15) is 0 Å². The zero-order chi connectivity index (χ0) is 26.7. The van der Waals surface area contributed by atoms with Crippen molar-refractivity contribution in [2.75, 3.05) is 35.0 Å². The van der Waals surface area contributed by atoms with Gasteiger partial charge in [0.1, 0.15) is 11.5 Å². The number of fused-ring (bicyclic) bond motifs is 1. The Labute approximate surface area is 217 Å². The number of allylic oxidation sites excluding steroid dienone is 1. The minimum atomic E-state index is -0.774. The summed E-state index contributed by atoms with van der Waals surface area (Å²) in [5.74, 6) is 1.69. The standard InChI is InChI=1S/C27H28N2O7S/c1-7-36-26(31)23-15(2)28-27-29(24(23)16-8-10-20(34-5)21(13-16)35-6)25(30)22(37-27)14-17-12-18(32-3)9-11-19(17)33-4/h8-14,24H,7H2,1-6H3. The van der Waals surface area contributed by atoms with Crippen molar-refractivity contribution in [1.29, 1.82) is 0 Å². The summed E-state index contributed by atoms with van der Waals surface area (Å²) in [5, 5.41) is 0. The van der Waals surface area contributed by atoms with Crippen LogP contribution in [0.4, 0.5) is 0 Å². The molecule has 1 aliphatic rings. The molecule has 2 aromatic carbocycles. The second kappa shape index (κ2) is 10.9. The van der Waals surface area contributed by atoms with Crippen LogP contribution in [0.5, 0.6) is 23.0 Å². The van der Waals surface area contributed by atoms with Crippen molar-refractivity contribution in [1.82, 2.24) is 4.57 Å². The predicted octanol–water partition coefficient (Wildman–Crippen LogP) is 2.83. The molecule has 0 N–H and O–H groups in total. The number of ether oxygens (including phenoxy) is 5. The predicted molar refractivity (Wildman–Crippen MR) is 139 cm³/mol. The van der Waals surface area contributed by atoms with Gasteiger partial charge in [0, 0.05) is 5.56 Å². The number of hydrogen-bond donors (Lipinski definition) is 0. The molecule has 0 spiro atoms. The molecule has 37 heavy (non-hydrogen) atoms. The van der Waals surface area contributed by atoms with Crippen molar-refractivity contribution in [2.24, 2.45) is 4.99 Å². The van der Waals surface area contributed by atoms with E-state index in [1.54, 1.807) is 77.7 Å². The van der Waals surface area contributed by atoms with E-state index in [0.717, 1.165) is 0 Å². The van der Waals surface area contributed by atoms with Crippen molar-refractivity contribution in [2.45, 2.75) is 19.9 Å². The summed E-state index contributed by atoms with van der Waals surface area (Å²) in [6, 6.07) is 9.86. The molecule has 0 bridgehead atoms. The molecule has 0 amide bonds. The lowest BCUT2D eigenvalue weighted by atomic mass is 9.95. The zero-order valence-corrected chi connectivity index (χ0v) is 22.3. The van der Waals surface area contributed by atoms with E-state index < -0.39 is 12.0 Å². The Balaban J connectivity index is 1.98. The number of benzene rings is 2. The minimum absolute atomic E-state index is 0.189. The van der Waals surface area contributed by atoms with Gasteiger partial charge in [-0.15, -0.1) is 0 Å². The van der Waals surface area contributed by atoms with E-state index in [1.165, 1.54) is 23.0 Å². The molecule has 194 valence electrons. The summed E-state index contributed by atoms with van der Waals surface area (Å²) in [5.41, 5.74) is 1.79. The van der Waals surface area contributed by atoms with E-state index in [9.17, 15) is 9.59 Å². The maximum absolute atomic E-state index is 13.8. The minimum Gasteiger partial charge on any atom is -0.497 e. The largest absolute Gasteiger partial charge is 0.497 e. The molecule has 10 heteroatoms. The fourth-order valence-electron chi connectivity index (χ4n) is 4.22. The molecule has 0 saturated heterocycles. The van der Waals surface area contributed by atoms with Crippen LogP contribution in [0, 0.1) is 0 Å². The Kier molecular flexibility index (Phi) is 7.68. The summed E-state index contributed by atoms with van der Waals surface area (Å²) < 4.78 is 29.0. The molecule has 4 rings (SSSR count). The van der Waals surface area contributed by atoms with Crippen molar-refractivity contribution < 1.29 is 28.5 Å². The fraction of sp³-hybridized carbons (Fsp3) is 0.296. The first-order valence-electron chi connectivity index (χ1n) is 11.5. The van der Waals surface area contributed by atoms with Crippen molar-refractivity contribution in [3.63, 3.8) is 0 Å². The summed E-state index contributed by atoms with van der Waals surface area (Å²) in [6.07, 6.45) is 1.74. The number of carbonyl (C=O) groups is 1. The lowest BCUT2D eigenvalue weighted by Crippen LogP contribution is -2.40. The third-order valence-electron chi connectivity index (χ3n) is 5.96. The Morgan fingerprint density at radius 3 is 2.35 bits per heavy atom. The number of methoxy groups -OCH3 is 4. The van der Waals surface area contributed by atoms with Crippen LogP contribution in [0.25, 0.3) is 6.08 Å². The highest BCUT2D eigenvalue weighted by molar-refractivity contribution is 7.07. The molecule has 1 aliphatic heterocycles. The summed E-state index contributed by atoms with van der Waals surface area (Å²) >= 11 is 1.23. The van der Waals surface area contributed by atoms with Gasteiger partial charge in [0.25, 0.3) is 5.56 Å². The SMILES string of the molecule is CCOC(=O)C1=C(C)N=c2sc(=Cc3cc(OC)ccc3OC)c(=O)n2C1c1ccc(OC)c(OC)c1. The summed E-state index contributed by atoms with van der Waals surface area (Å²) in [7, 11) is 6.21. The third kappa shape index (κ3) is 4.84. The van der Waals surface area contributed by atoms with Crippen LogP contribution >= 0.6 is 11.3 Å². The van der Waals surface area contributed by atoms with Gasteiger partial charge in [0.05, 0.1) is 56.9 Å². The summed E-state index contributed by atoms with van der Waals surface area (Å²) in [6.45, 7) is 3.66. The number of nitrogens with zero attached hydrogens (tertiary/aromatic N) is 2. The lowest BCUT2D eigenvalue weighted by Gasteiger charge is -2.25. The van der Waals surface area contributed by atoms with Gasteiger partial charge in [-0.3, -0.25) is 9.36 Å². The summed E-state index contributed by atoms with van der Waals surface area (Å²) in [4.78, 5) is 32.0. The molecular weight excluding hydrogens is 496 g/mol. The van der Waals surface area contributed by atoms with Crippen LogP contribution in [0.1, 0.15) is 31.0 Å². The van der Waals surface area contributed by atoms with Crippen LogP contribution in [-0.2, 0) is 9.53 Å². The normalized spacial score (nSPS) is 15.1. The number of thiazole rings is 1. The highest BCUT2D eigenvalue weighted by Crippen LogP contribution is 2.36. The highest BCUT2D eigenvalue weighted by atomic mass is 32.1. The maximum atomic E-state index is 13.8. The van der Waals surface area contributed by atoms with Gasteiger partial charge in [0.15, 0.2) is 16.3 Å². The van der Waals surface area contributed by atoms with Crippen LogP contribution in [0.3, 0.4) is 0 Å². The Morgan fingerprint density at radius 1 is 1.00 bits per heavy atom. The molecule has 0 saturated carbocycles. The number of aromatic nitrogens is 1. The average Bonchev–Trinajstić information content (AvgIpc) is 3.21. The molecule has 3 aromatic rings. The fourth-order valence-corrected chi connectivity index (χ4v) is 5.26. The highest BCUT2D eigenvalue weighted by Gasteiger charge is 2.34. The average molecular weight is 525 g/mol. The third-order valence-corrected chi connectivity index (χ3v) is 6.95. The maximum Gasteiger partial charge on any atom is 0.338 e. The van der Waals surface area contributed by atoms with Gasteiger partial charge >= 0.3 is 5.97 Å². The number of hydrogen-bond acceptors (Lipinski definition) is 9. The monoisotopic (exact) mass is 524 g/mol. The number of esters is 1. The Bertz CT molecular complexity index is 1550. The first-order chi connectivity index (χ1) is 17.9. The second-order valence-electron chi connectivity index (χ2n) is 8.02. The van der Waals surface area contributed by atoms with Crippen LogP contribution < -0.4 is 33.8 Å². The smallest absolute Gasteiger partial charge is 0.338 e. The lowest BCUT2D eigenvalue weighted by molar-refractivity contribution is -0.139. The molecule has 0 aliphatic carbocycles. The quantitative estimate of drug-likeness (QED) is 0.418. The van der Waals surface area contributed by atoms with Gasteiger partial charge in [-0.25, -0.2) is 9.79 Å². The van der Waals surface area contributed by atoms with E-state index in [4.69, 9.17) is 23.7 Å². The molecule has 0 radical (unpaired) electrons. The van der Waals surface area contributed by atoms with E-state index in [-0.39, 0.29) is 17.7 Å². The van der Waals surface area contributed by atoms with Crippen LogP contribution in [0.2, 0.25) is 0 Å². The van der Waals surface area contributed by atoms with Crippen molar-refractivity contribution in [3.8, 4) is 23.0 Å². The van der Waals surface area contributed by atoms with Crippen LogP contribution in [0.15, 0.2) is 57.5 Å². The first kappa shape index (κ1) is 26.0. The van der Waals surface area contributed by atoms with E-state index in [1.807, 2.05) is 0 Å². The number of rotatable bonds is 8. The van der Waals surface area contributed by atoms with Crippen molar-refractivity contribution >= 4 is 23.4 Å². The van der Waals surface area contributed by atoms with Gasteiger partial charge in [-0.1, -0.05) is 17.4 Å². The molecular formula is C27H28N2O7S. The van der Waals surface area contributed by atoms with Crippen LogP contribution in [-0.4, -0.2) is 45.6 Å². The molecule has 1 aromatic heterocycles. The topological polar surface area (TPSA) is 97.6 Å². The molecule has 1 unspecified atom stereocenters. The molecule has 2 heterocycles. The Hall–Kier alpha value is -4.05. The molecule has 0 fully saturated rings. The van der Waals surface area contributed by atoms with Gasteiger partial charge in [-0.05, 0) is 55.8 Å². The van der Waals surface area contributed by atoms with Crippen molar-refractivity contribution in [3.05, 3.63) is 78.5 Å². The second-order valence-corrected chi connectivity index (χ2v) is 9.03. The molecule has 1 atom stereocenters. The van der Waals surface area contributed by atoms with E-state index >= 15 is 0 Å². The molecule has 9 nitrogen and oxygen atoms in total. The van der Waals surface area contributed by atoms with Gasteiger partial charge < -0.3 is 23.7 Å². The first-order valence-corrected chi connectivity index (χ1v) is 12.3. The van der Waals surface area contributed by atoms with Gasteiger partial charge in [0.2, 0.25) is 0 Å².